The van der Waals surface area contributed by atoms with Crippen LogP contribution in [0.4, 0.5) is 0 Å². The van der Waals surface area contributed by atoms with Crippen molar-refractivity contribution in [1.29, 1.82) is 5.26 Å². The van der Waals surface area contributed by atoms with Crippen molar-refractivity contribution in [3.63, 3.8) is 0 Å². The molecule has 0 atom stereocenters. The highest BCUT2D eigenvalue weighted by Crippen LogP contribution is 2.00. The van der Waals surface area contributed by atoms with Crippen molar-refractivity contribution in [2.45, 2.75) is 20.3 Å². The molecular formula is C12H19N3O. The first-order valence-corrected chi connectivity index (χ1v) is 5.40. The summed E-state index contributed by atoms with van der Waals surface area (Å²) in [6, 6.07) is 2.05. The lowest BCUT2D eigenvalue weighted by Gasteiger charge is -2.23. The number of nitrogens with zero attached hydrogens (tertiary/aromatic N) is 2. The largest absolute Gasteiger partial charge is 0.340 e. The fourth-order valence-corrected chi connectivity index (χ4v) is 1.30. The van der Waals surface area contributed by atoms with E-state index in [0.717, 1.165) is 0 Å². The van der Waals surface area contributed by atoms with Gasteiger partial charge in [-0.2, -0.15) is 5.26 Å². The number of hydrogen-bond donors (Lipinski definition) is 1. The Morgan fingerprint density at radius 1 is 1.56 bits per heavy atom. The van der Waals surface area contributed by atoms with Crippen LogP contribution < -0.4 is 5.32 Å². The molecule has 0 aromatic carbocycles. The van der Waals surface area contributed by atoms with Crippen molar-refractivity contribution in [2.75, 3.05) is 26.2 Å². The maximum Gasteiger partial charge on any atom is 0.236 e. The number of carbonyl (C=O) groups is 1. The predicted octanol–water partition coefficient (Wildman–Crippen LogP) is 0.607. The first-order valence-electron chi connectivity index (χ1n) is 5.40. The number of rotatable bonds is 7. The molecule has 0 aliphatic rings. The molecule has 4 heteroatoms. The van der Waals surface area contributed by atoms with Crippen LogP contribution in [0, 0.1) is 29.6 Å². The van der Waals surface area contributed by atoms with Gasteiger partial charge in [0, 0.05) is 13.1 Å². The molecule has 16 heavy (non-hydrogen) atoms. The van der Waals surface area contributed by atoms with E-state index in [4.69, 9.17) is 11.7 Å². The summed E-state index contributed by atoms with van der Waals surface area (Å²) in [5, 5.41) is 11.4. The SMILES string of the molecule is C#CCNCC(=O)N(CCC#N)CC(C)C. The number of carbonyl (C=O) groups excluding carboxylic acids is 1. The number of terminal acetylenes is 1. The summed E-state index contributed by atoms with van der Waals surface area (Å²) in [5.74, 6) is 2.81. The number of hydrogen-bond acceptors (Lipinski definition) is 3. The summed E-state index contributed by atoms with van der Waals surface area (Å²) in [7, 11) is 0. The van der Waals surface area contributed by atoms with Crippen molar-refractivity contribution in [2.24, 2.45) is 5.92 Å². The maximum absolute atomic E-state index is 11.7. The topological polar surface area (TPSA) is 56.1 Å². The number of amides is 1. The van der Waals surface area contributed by atoms with Crippen molar-refractivity contribution < 1.29 is 4.79 Å². The zero-order valence-electron chi connectivity index (χ0n) is 9.99. The summed E-state index contributed by atoms with van der Waals surface area (Å²) in [5.41, 5.74) is 0. The lowest BCUT2D eigenvalue weighted by Crippen LogP contribution is -2.40. The third-order valence-corrected chi connectivity index (χ3v) is 1.94. The zero-order chi connectivity index (χ0) is 12.4. The Morgan fingerprint density at radius 2 is 2.25 bits per heavy atom. The van der Waals surface area contributed by atoms with E-state index in [2.05, 4.69) is 11.2 Å². The minimum atomic E-state index is -0.000741. The van der Waals surface area contributed by atoms with Gasteiger partial charge in [0.05, 0.1) is 25.6 Å². The van der Waals surface area contributed by atoms with E-state index in [1.54, 1.807) is 4.90 Å². The van der Waals surface area contributed by atoms with Gasteiger partial charge in [-0.05, 0) is 5.92 Å². The van der Waals surface area contributed by atoms with Crippen LogP contribution in [0.15, 0.2) is 0 Å². The molecule has 0 bridgehead atoms. The fourth-order valence-electron chi connectivity index (χ4n) is 1.30. The second-order valence-electron chi connectivity index (χ2n) is 3.95. The van der Waals surface area contributed by atoms with Gasteiger partial charge in [-0.25, -0.2) is 0 Å². The van der Waals surface area contributed by atoms with Crippen LogP contribution in [0.3, 0.4) is 0 Å². The molecule has 0 aromatic heterocycles. The lowest BCUT2D eigenvalue weighted by molar-refractivity contribution is -0.130. The van der Waals surface area contributed by atoms with Gasteiger partial charge in [0.25, 0.3) is 0 Å². The molecule has 1 amide bonds. The highest BCUT2D eigenvalue weighted by atomic mass is 16.2. The normalized spacial score (nSPS) is 9.56. The van der Waals surface area contributed by atoms with E-state index in [9.17, 15) is 4.79 Å². The van der Waals surface area contributed by atoms with Crippen LogP contribution in [-0.4, -0.2) is 37.0 Å². The van der Waals surface area contributed by atoms with E-state index >= 15 is 0 Å². The van der Waals surface area contributed by atoms with Gasteiger partial charge >= 0.3 is 0 Å². The second-order valence-corrected chi connectivity index (χ2v) is 3.95. The fraction of sp³-hybridized carbons (Fsp3) is 0.667. The Morgan fingerprint density at radius 3 is 2.75 bits per heavy atom. The van der Waals surface area contributed by atoms with Crippen LogP contribution in [0.25, 0.3) is 0 Å². The van der Waals surface area contributed by atoms with Crippen LogP contribution in [0.5, 0.6) is 0 Å². The molecule has 0 unspecified atom stereocenters. The molecule has 0 aliphatic heterocycles. The van der Waals surface area contributed by atoms with Crippen LogP contribution >= 0.6 is 0 Å². The molecule has 0 spiro atoms. The average molecular weight is 221 g/mol. The minimum absolute atomic E-state index is 0.000741. The highest BCUT2D eigenvalue weighted by Gasteiger charge is 2.13. The Kier molecular flexibility index (Phi) is 7.93. The first-order chi connectivity index (χ1) is 7.61. The molecule has 0 aromatic rings. The molecule has 0 fully saturated rings. The molecule has 0 rings (SSSR count). The zero-order valence-corrected chi connectivity index (χ0v) is 9.99. The lowest BCUT2D eigenvalue weighted by atomic mass is 10.2. The van der Waals surface area contributed by atoms with Crippen LogP contribution in [-0.2, 0) is 4.79 Å². The maximum atomic E-state index is 11.7. The van der Waals surface area contributed by atoms with Crippen LogP contribution in [0.1, 0.15) is 20.3 Å². The third-order valence-electron chi connectivity index (χ3n) is 1.94. The Bertz CT molecular complexity index is 286. The van der Waals surface area contributed by atoms with E-state index in [-0.39, 0.29) is 12.5 Å². The molecular weight excluding hydrogens is 202 g/mol. The summed E-state index contributed by atoms with van der Waals surface area (Å²) >= 11 is 0. The van der Waals surface area contributed by atoms with Gasteiger partial charge < -0.3 is 4.90 Å². The summed E-state index contributed by atoms with van der Waals surface area (Å²) in [4.78, 5) is 13.5. The Hall–Kier alpha value is -1.52. The molecule has 0 radical (unpaired) electrons. The highest BCUT2D eigenvalue weighted by molar-refractivity contribution is 5.78. The molecule has 1 N–H and O–H groups in total. The van der Waals surface area contributed by atoms with Crippen LogP contribution in [0.2, 0.25) is 0 Å². The van der Waals surface area contributed by atoms with Gasteiger partial charge in [-0.1, -0.05) is 19.8 Å². The van der Waals surface area contributed by atoms with Gasteiger partial charge in [0.2, 0.25) is 5.91 Å². The van der Waals surface area contributed by atoms with Crippen molar-refractivity contribution >= 4 is 5.91 Å². The van der Waals surface area contributed by atoms with Crippen molar-refractivity contribution in [1.82, 2.24) is 10.2 Å². The second kappa shape index (κ2) is 8.76. The van der Waals surface area contributed by atoms with Crippen molar-refractivity contribution in [3.8, 4) is 18.4 Å². The van der Waals surface area contributed by atoms with E-state index in [1.165, 1.54) is 0 Å². The van der Waals surface area contributed by atoms with Gasteiger partial charge in [0.15, 0.2) is 0 Å². The van der Waals surface area contributed by atoms with Gasteiger partial charge in [0.1, 0.15) is 0 Å². The summed E-state index contributed by atoms with van der Waals surface area (Å²) in [6.45, 7) is 5.88. The molecule has 0 saturated carbocycles. The van der Waals surface area contributed by atoms with E-state index < -0.39 is 0 Å². The van der Waals surface area contributed by atoms with Gasteiger partial charge in [-0.3, -0.25) is 10.1 Å². The predicted molar refractivity (Wildman–Crippen MR) is 63.4 cm³/mol. The van der Waals surface area contributed by atoms with Gasteiger partial charge in [-0.15, -0.1) is 6.42 Å². The summed E-state index contributed by atoms with van der Waals surface area (Å²) < 4.78 is 0. The molecule has 0 aliphatic carbocycles. The quantitative estimate of drug-likeness (QED) is 0.506. The first kappa shape index (κ1) is 14.5. The Labute approximate surface area is 97.6 Å². The molecule has 0 heterocycles. The molecule has 88 valence electrons. The smallest absolute Gasteiger partial charge is 0.236 e. The average Bonchev–Trinajstić information content (AvgIpc) is 2.23. The number of nitrogens with one attached hydrogen (secondary N) is 1. The van der Waals surface area contributed by atoms with Crippen molar-refractivity contribution in [3.05, 3.63) is 0 Å². The molecule has 4 nitrogen and oxygen atoms in total. The summed E-state index contributed by atoms with van der Waals surface area (Å²) in [6.07, 6.45) is 5.44. The standard InChI is InChI=1S/C12H19N3O/c1-4-7-14-9-12(16)15(8-5-6-13)10-11(2)3/h1,11,14H,5,7-10H2,2-3H3. The Balaban J connectivity index is 4.11. The van der Waals surface area contributed by atoms with E-state index in [0.29, 0.717) is 32.0 Å². The van der Waals surface area contributed by atoms with E-state index in [1.807, 2.05) is 19.9 Å². The monoisotopic (exact) mass is 221 g/mol. The third kappa shape index (κ3) is 6.86. The number of nitriles is 1. The minimum Gasteiger partial charge on any atom is -0.340 e. The molecule has 0 saturated heterocycles.